The third kappa shape index (κ3) is 2.17. The minimum atomic E-state index is 0.371. The summed E-state index contributed by atoms with van der Waals surface area (Å²) in [6, 6.07) is 9.62. The van der Waals surface area contributed by atoms with Crippen molar-refractivity contribution >= 4 is 5.78 Å². The molecule has 0 aliphatic carbocycles. The summed E-state index contributed by atoms with van der Waals surface area (Å²) in [5.41, 5.74) is 7.53. The van der Waals surface area contributed by atoms with E-state index in [9.17, 15) is 0 Å². The van der Waals surface area contributed by atoms with Crippen LogP contribution in [0.1, 0.15) is 17.2 Å². The van der Waals surface area contributed by atoms with Gasteiger partial charge in [0.05, 0.1) is 11.4 Å². The fourth-order valence-corrected chi connectivity index (χ4v) is 1.99. The smallest absolute Gasteiger partial charge is 0.251 e. The number of hydrogen-bond acceptors (Lipinski definition) is 4. The predicted molar refractivity (Wildman–Crippen MR) is 70.7 cm³/mol. The van der Waals surface area contributed by atoms with Gasteiger partial charge in [0.2, 0.25) is 0 Å². The monoisotopic (exact) mass is 257 g/mol. The molecule has 3 N–H and O–H groups in total. The number of hydrogen-bond donors (Lipinski definition) is 2. The van der Waals surface area contributed by atoms with Gasteiger partial charge in [0.25, 0.3) is 5.78 Å². The molecule has 0 saturated heterocycles. The van der Waals surface area contributed by atoms with Gasteiger partial charge in [-0.05, 0) is 19.1 Å². The maximum absolute atomic E-state index is 5.70. The van der Waals surface area contributed by atoms with Crippen LogP contribution in [0.5, 0.6) is 5.75 Å². The highest BCUT2D eigenvalue weighted by Gasteiger charge is 2.11. The first-order valence-corrected chi connectivity index (χ1v) is 6.08. The molecule has 19 heavy (non-hydrogen) atoms. The highest BCUT2D eigenvalue weighted by Crippen LogP contribution is 2.12. The van der Waals surface area contributed by atoms with E-state index in [-0.39, 0.29) is 0 Å². The molecule has 2 aromatic heterocycles. The van der Waals surface area contributed by atoms with E-state index in [0.717, 1.165) is 23.0 Å². The van der Waals surface area contributed by atoms with Gasteiger partial charge in [-0.15, -0.1) is 0 Å². The predicted octanol–water partition coefficient (Wildman–Crippen LogP) is 1.40. The van der Waals surface area contributed by atoms with E-state index < -0.39 is 0 Å². The molecule has 0 spiro atoms. The third-order valence-electron chi connectivity index (χ3n) is 2.94. The van der Waals surface area contributed by atoms with Crippen molar-refractivity contribution in [2.24, 2.45) is 5.73 Å². The summed E-state index contributed by atoms with van der Waals surface area (Å²) < 4.78 is 7.43. The van der Waals surface area contributed by atoms with Gasteiger partial charge in [-0.25, -0.2) is 9.50 Å². The number of benzene rings is 1. The standard InChI is InChI=1S/C13H15N5O/c1-9-11(7-14)18-13(15-9)16-12(17-18)8-19-10-5-3-2-4-6-10/h2-6H,7-8,14H2,1H3,(H,15,16,17). The van der Waals surface area contributed by atoms with Crippen LogP contribution in [0.4, 0.5) is 0 Å². The molecule has 0 radical (unpaired) electrons. The van der Waals surface area contributed by atoms with Crippen LogP contribution in [0.15, 0.2) is 30.3 Å². The molecule has 2 heterocycles. The Morgan fingerprint density at radius 1 is 1.26 bits per heavy atom. The lowest BCUT2D eigenvalue weighted by Crippen LogP contribution is -2.04. The maximum Gasteiger partial charge on any atom is 0.251 e. The molecule has 3 rings (SSSR count). The Morgan fingerprint density at radius 3 is 2.79 bits per heavy atom. The number of H-pyrrole nitrogens is 1. The normalized spacial score (nSPS) is 11.1. The summed E-state index contributed by atoms with van der Waals surface area (Å²) in [5, 5.41) is 3.14. The fraction of sp³-hybridized carbons (Fsp3) is 0.231. The summed E-state index contributed by atoms with van der Waals surface area (Å²) in [6.45, 7) is 2.72. The lowest BCUT2D eigenvalue weighted by molar-refractivity contribution is 0.296. The van der Waals surface area contributed by atoms with Crippen LogP contribution < -0.4 is 10.5 Å². The molecule has 6 heteroatoms. The maximum atomic E-state index is 5.70. The summed E-state index contributed by atoms with van der Waals surface area (Å²) in [5.74, 6) is 2.16. The Balaban J connectivity index is 1.80. The van der Waals surface area contributed by atoms with E-state index in [1.54, 1.807) is 4.52 Å². The van der Waals surface area contributed by atoms with Crippen molar-refractivity contribution in [1.82, 2.24) is 19.6 Å². The van der Waals surface area contributed by atoms with Crippen LogP contribution in [0.2, 0.25) is 0 Å². The molecule has 3 aromatic rings. The number of aryl methyl sites for hydroxylation is 1. The molecule has 0 unspecified atom stereocenters. The van der Waals surface area contributed by atoms with Crippen molar-refractivity contribution < 1.29 is 4.74 Å². The number of imidazole rings is 1. The number of rotatable bonds is 4. The van der Waals surface area contributed by atoms with Crippen molar-refractivity contribution in [3.05, 3.63) is 47.5 Å². The number of nitrogens with one attached hydrogen (secondary N) is 1. The molecule has 0 aliphatic rings. The van der Waals surface area contributed by atoms with Gasteiger partial charge < -0.3 is 10.5 Å². The number of aromatic amines is 1. The Morgan fingerprint density at radius 2 is 2.05 bits per heavy atom. The summed E-state index contributed by atoms with van der Waals surface area (Å²) in [7, 11) is 0. The van der Waals surface area contributed by atoms with Gasteiger partial charge in [0.1, 0.15) is 12.4 Å². The summed E-state index contributed by atoms with van der Waals surface area (Å²) in [4.78, 5) is 8.72. The van der Waals surface area contributed by atoms with Crippen LogP contribution in [-0.2, 0) is 13.2 Å². The van der Waals surface area contributed by atoms with E-state index in [4.69, 9.17) is 10.5 Å². The topological polar surface area (TPSA) is 81.2 Å². The Bertz CT molecular complexity index is 686. The Kier molecular flexibility index (Phi) is 2.92. The zero-order valence-corrected chi connectivity index (χ0v) is 10.6. The molecular weight excluding hydrogens is 242 g/mol. The first kappa shape index (κ1) is 11.7. The number of para-hydroxylation sites is 1. The van der Waals surface area contributed by atoms with Crippen molar-refractivity contribution in [2.45, 2.75) is 20.1 Å². The van der Waals surface area contributed by atoms with Crippen molar-refractivity contribution in [1.29, 1.82) is 0 Å². The van der Waals surface area contributed by atoms with Crippen LogP contribution in [-0.4, -0.2) is 19.6 Å². The van der Waals surface area contributed by atoms with Gasteiger partial charge in [0, 0.05) is 6.54 Å². The number of nitrogens with two attached hydrogens (primary N) is 1. The fourth-order valence-electron chi connectivity index (χ4n) is 1.99. The zero-order valence-electron chi connectivity index (χ0n) is 10.6. The quantitative estimate of drug-likeness (QED) is 0.740. The molecular formula is C13H15N5O. The third-order valence-corrected chi connectivity index (χ3v) is 2.94. The average molecular weight is 257 g/mol. The molecule has 1 aromatic carbocycles. The van der Waals surface area contributed by atoms with Crippen LogP contribution >= 0.6 is 0 Å². The first-order valence-electron chi connectivity index (χ1n) is 6.08. The largest absolute Gasteiger partial charge is 0.486 e. The van der Waals surface area contributed by atoms with Gasteiger partial charge in [0.15, 0.2) is 5.82 Å². The lowest BCUT2D eigenvalue weighted by atomic mass is 10.3. The second-order valence-corrected chi connectivity index (χ2v) is 4.26. The average Bonchev–Trinajstić information content (AvgIpc) is 2.93. The number of ether oxygens (including phenoxy) is 1. The van der Waals surface area contributed by atoms with Crippen molar-refractivity contribution in [3.8, 4) is 5.75 Å². The number of nitrogens with zero attached hydrogens (tertiary/aromatic N) is 3. The number of fused-ring (bicyclic) bond motifs is 1. The molecule has 0 amide bonds. The highest BCUT2D eigenvalue weighted by molar-refractivity contribution is 5.34. The van der Waals surface area contributed by atoms with Crippen LogP contribution in [0.25, 0.3) is 5.78 Å². The van der Waals surface area contributed by atoms with Gasteiger partial charge in [-0.1, -0.05) is 18.2 Å². The molecule has 98 valence electrons. The Labute approximate surface area is 110 Å². The van der Waals surface area contributed by atoms with Crippen LogP contribution in [0, 0.1) is 6.92 Å². The minimum Gasteiger partial charge on any atom is -0.486 e. The molecule has 0 atom stereocenters. The van der Waals surface area contributed by atoms with E-state index in [0.29, 0.717) is 18.9 Å². The summed E-state index contributed by atoms with van der Waals surface area (Å²) >= 11 is 0. The molecule has 6 nitrogen and oxygen atoms in total. The van der Waals surface area contributed by atoms with E-state index in [1.807, 2.05) is 37.3 Å². The second-order valence-electron chi connectivity index (χ2n) is 4.26. The van der Waals surface area contributed by atoms with E-state index >= 15 is 0 Å². The van der Waals surface area contributed by atoms with Crippen molar-refractivity contribution in [3.63, 3.8) is 0 Å². The first-order chi connectivity index (χ1) is 9.28. The molecule has 0 fully saturated rings. The van der Waals surface area contributed by atoms with Gasteiger partial charge in [-0.2, -0.15) is 4.98 Å². The molecule has 0 bridgehead atoms. The minimum absolute atomic E-state index is 0.371. The second kappa shape index (κ2) is 4.74. The SMILES string of the molecule is Cc1nc2nc(COc3ccccc3)[nH]n2c1CN. The summed E-state index contributed by atoms with van der Waals surface area (Å²) in [6.07, 6.45) is 0. The van der Waals surface area contributed by atoms with Gasteiger partial charge >= 0.3 is 0 Å². The Hall–Kier alpha value is -2.34. The zero-order chi connectivity index (χ0) is 13.2. The van der Waals surface area contributed by atoms with E-state index in [2.05, 4.69) is 15.1 Å². The van der Waals surface area contributed by atoms with Gasteiger partial charge in [-0.3, -0.25) is 5.10 Å². The molecule has 0 aliphatic heterocycles. The van der Waals surface area contributed by atoms with Crippen molar-refractivity contribution in [2.75, 3.05) is 0 Å². The molecule has 0 saturated carbocycles. The van der Waals surface area contributed by atoms with Crippen LogP contribution in [0.3, 0.4) is 0 Å². The highest BCUT2D eigenvalue weighted by atomic mass is 16.5. The lowest BCUT2D eigenvalue weighted by Gasteiger charge is -2.02. The van der Waals surface area contributed by atoms with E-state index in [1.165, 1.54) is 0 Å². The number of aromatic nitrogens is 4.